The predicted octanol–water partition coefficient (Wildman–Crippen LogP) is 2.23. The summed E-state index contributed by atoms with van der Waals surface area (Å²) in [7, 11) is 0. The first-order chi connectivity index (χ1) is 8.69. The maximum absolute atomic E-state index is 11.7. The number of aryl methyl sites for hydroxylation is 1. The molecule has 0 fully saturated rings. The number of nitrogens with one attached hydrogen (secondary N) is 2. The quantitative estimate of drug-likeness (QED) is 0.646. The maximum Gasteiger partial charge on any atom is 0.271 e. The van der Waals surface area contributed by atoms with Gasteiger partial charge in [0.1, 0.15) is 0 Å². The summed E-state index contributed by atoms with van der Waals surface area (Å²) in [4.78, 5) is 21.9. The van der Waals surface area contributed by atoms with Crippen molar-refractivity contribution < 1.29 is 9.72 Å². The number of non-ortho nitro benzene ring substituents is 1. The Labute approximate surface area is 112 Å². The molecule has 0 saturated heterocycles. The first-order valence-electron chi connectivity index (χ1n) is 5.99. The standard InChI is InChI=1S/C13H19N3O3/c1-9-5-6-10(16(18)19)7-11(9)14-8-12(17)15-13(2,3)4/h5-7,14H,8H2,1-4H3,(H,15,17). The average Bonchev–Trinajstić information content (AvgIpc) is 2.25. The first-order valence-corrected chi connectivity index (χ1v) is 5.99. The highest BCUT2D eigenvalue weighted by molar-refractivity contribution is 5.81. The summed E-state index contributed by atoms with van der Waals surface area (Å²) in [5.41, 5.74) is 1.16. The topological polar surface area (TPSA) is 84.3 Å². The lowest BCUT2D eigenvalue weighted by Gasteiger charge is -2.21. The lowest BCUT2D eigenvalue weighted by molar-refractivity contribution is -0.384. The summed E-state index contributed by atoms with van der Waals surface area (Å²) in [5, 5.41) is 16.4. The maximum atomic E-state index is 11.7. The van der Waals surface area contributed by atoms with Gasteiger partial charge in [0.2, 0.25) is 5.91 Å². The van der Waals surface area contributed by atoms with E-state index in [1.807, 2.05) is 27.7 Å². The molecule has 6 heteroatoms. The van der Waals surface area contributed by atoms with Crippen LogP contribution in [0.5, 0.6) is 0 Å². The Hall–Kier alpha value is -2.11. The van der Waals surface area contributed by atoms with Gasteiger partial charge in [-0.15, -0.1) is 0 Å². The van der Waals surface area contributed by atoms with Gasteiger partial charge >= 0.3 is 0 Å². The van der Waals surface area contributed by atoms with Crippen LogP contribution in [0.1, 0.15) is 26.3 Å². The minimum absolute atomic E-state index is 0.00401. The van der Waals surface area contributed by atoms with Gasteiger partial charge in [-0.1, -0.05) is 6.07 Å². The third kappa shape index (κ3) is 4.95. The van der Waals surface area contributed by atoms with Crippen LogP contribution in [0.4, 0.5) is 11.4 Å². The Morgan fingerprint density at radius 1 is 1.37 bits per heavy atom. The number of carbonyl (C=O) groups is 1. The van der Waals surface area contributed by atoms with Crippen molar-refractivity contribution in [2.24, 2.45) is 0 Å². The highest BCUT2D eigenvalue weighted by Gasteiger charge is 2.14. The number of hydrogen-bond donors (Lipinski definition) is 2. The van der Waals surface area contributed by atoms with Crippen LogP contribution in [0.25, 0.3) is 0 Å². The molecule has 0 bridgehead atoms. The number of hydrogen-bond acceptors (Lipinski definition) is 4. The SMILES string of the molecule is Cc1ccc([N+](=O)[O-])cc1NCC(=O)NC(C)(C)C. The van der Waals surface area contributed by atoms with Crippen molar-refractivity contribution in [3.05, 3.63) is 33.9 Å². The summed E-state index contributed by atoms with van der Waals surface area (Å²) < 4.78 is 0. The monoisotopic (exact) mass is 265 g/mol. The normalized spacial score (nSPS) is 10.9. The van der Waals surface area contributed by atoms with E-state index in [1.165, 1.54) is 12.1 Å². The van der Waals surface area contributed by atoms with E-state index in [1.54, 1.807) is 6.07 Å². The molecule has 1 amide bonds. The zero-order valence-corrected chi connectivity index (χ0v) is 11.6. The predicted molar refractivity (Wildman–Crippen MR) is 74.2 cm³/mol. The summed E-state index contributed by atoms with van der Waals surface area (Å²) in [6.07, 6.45) is 0. The van der Waals surface area contributed by atoms with Crippen molar-refractivity contribution in [1.82, 2.24) is 5.32 Å². The van der Waals surface area contributed by atoms with Crippen molar-refractivity contribution in [1.29, 1.82) is 0 Å². The molecular weight excluding hydrogens is 246 g/mol. The van der Waals surface area contributed by atoms with Crippen LogP contribution in [0.2, 0.25) is 0 Å². The fourth-order valence-electron chi connectivity index (χ4n) is 1.55. The molecule has 19 heavy (non-hydrogen) atoms. The number of carbonyl (C=O) groups excluding carboxylic acids is 1. The molecule has 1 rings (SSSR count). The first kappa shape index (κ1) is 14.9. The summed E-state index contributed by atoms with van der Waals surface area (Å²) in [5.74, 6) is -0.154. The zero-order valence-electron chi connectivity index (χ0n) is 11.6. The Bertz CT molecular complexity index is 492. The highest BCUT2D eigenvalue weighted by atomic mass is 16.6. The molecule has 0 radical (unpaired) electrons. The van der Waals surface area contributed by atoms with Crippen LogP contribution >= 0.6 is 0 Å². The molecule has 0 saturated carbocycles. The van der Waals surface area contributed by atoms with Gasteiger partial charge in [-0.2, -0.15) is 0 Å². The van der Waals surface area contributed by atoms with Gasteiger partial charge in [-0.3, -0.25) is 14.9 Å². The van der Waals surface area contributed by atoms with Gasteiger partial charge < -0.3 is 10.6 Å². The van der Waals surface area contributed by atoms with Crippen LogP contribution in [-0.4, -0.2) is 22.9 Å². The van der Waals surface area contributed by atoms with Crippen molar-refractivity contribution in [2.75, 3.05) is 11.9 Å². The number of amides is 1. The van der Waals surface area contributed by atoms with E-state index in [9.17, 15) is 14.9 Å². The molecule has 0 atom stereocenters. The van der Waals surface area contributed by atoms with Crippen molar-refractivity contribution in [3.8, 4) is 0 Å². The molecule has 0 aromatic heterocycles. The molecule has 1 aromatic rings. The van der Waals surface area contributed by atoms with Gasteiger partial charge in [0.25, 0.3) is 5.69 Å². The van der Waals surface area contributed by atoms with E-state index < -0.39 is 4.92 Å². The van der Waals surface area contributed by atoms with Crippen LogP contribution < -0.4 is 10.6 Å². The third-order valence-electron chi connectivity index (χ3n) is 2.39. The smallest absolute Gasteiger partial charge is 0.271 e. The average molecular weight is 265 g/mol. The number of benzene rings is 1. The van der Waals surface area contributed by atoms with Gasteiger partial charge in [0.15, 0.2) is 0 Å². The van der Waals surface area contributed by atoms with Crippen molar-refractivity contribution >= 4 is 17.3 Å². The Morgan fingerprint density at radius 2 is 2.00 bits per heavy atom. The van der Waals surface area contributed by atoms with Gasteiger partial charge in [-0.05, 0) is 33.3 Å². The van der Waals surface area contributed by atoms with Gasteiger partial charge in [0.05, 0.1) is 11.5 Å². The Balaban J connectivity index is 2.70. The molecule has 0 spiro atoms. The number of nitrogens with zero attached hydrogens (tertiary/aromatic N) is 1. The Morgan fingerprint density at radius 3 is 2.53 bits per heavy atom. The molecule has 0 aliphatic rings. The second kappa shape index (κ2) is 5.69. The molecule has 0 aliphatic heterocycles. The minimum atomic E-state index is -0.458. The summed E-state index contributed by atoms with van der Waals surface area (Å²) >= 11 is 0. The van der Waals surface area contributed by atoms with E-state index in [0.29, 0.717) is 5.69 Å². The third-order valence-corrected chi connectivity index (χ3v) is 2.39. The lowest BCUT2D eigenvalue weighted by atomic mass is 10.1. The van der Waals surface area contributed by atoms with Crippen LogP contribution in [0.15, 0.2) is 18.2 Å². The van der Waals surface area contributed by atoms with E-state index in [2.05, 4.69) is 10.6 Å². The number of nitro groups is 1. The molecule has 0 aliphatic carbocycles. The number of rotatable bonds is 4. The number of anilines is 1. The highest BCUT2D eigenvalue weighted by Crippen LogP contribution is 2.21. The van der Waals surface area contributed by atoms with E-state index in [4.69, 9.17) is 0 Å². The molecular formula is C13H19N3O3. The fourth-order valence-corrected chi connectivity index (χ4v) is 1.55. The Kier molecular flexibility index (Phi) is 4.47. The van der Waals surface area contributed by atoms with Crippen LogP contribution in [-0.2, 0) is 4.79 Å². The van der Waals surface area contributed by atoms with Gasteiger partial charge in [-0.25, -0.2) is 0 Å². The lowest BCUT2D eigenvalue weighted by Crippen LogP contribution is -2.43. The van der Waals surface area contributed by atoms with Crippen molar-refractivity contribution in [2.45, 2.75) is 33.2 Å². The van der Waals surface area contributed by atoms with E-state index >= 15 is 0 Å². The molecule has 104 valence electrons. The van der Waals surface area contributed by atoms with Crippen LogP contribution in [0.3, 0.4) is 0 Å². The summed E-state index contributed by atoms with van der Waals surface area (Å²) in [6, 6.07) is 4.53. The van der Waals surface area contributed by atoms with E-state index in [0.717, 1.165) is 5.56 Å². The molecule has 2 N–H and O–H groups in total. The summed E-state index contributed by atoms with van der Waals surface area (Å²) in [6.45, 7) is 7.59. The van der Waals surface area contributed by atoms with Crippen molar-refractivity contribution in [3.63, 3.8) is 0 Å². The van der Waals surface area contributed by atoms with Gasteiger partial charge in [0, 0.05) is 23.4 Å². The fraction of sp³-hybridized carbons (Fsp3) is 0.462. The molecule has 1 aromatic carbocycles. The molecule has 0 heterocycles. The second-order valence-corrected chi connectivity index (χ2v) is 5.41. The van der Waals surface area contributed by atoms with Crippen LogP contribution in [0, 0.1) is 17.0 Å². The minimum Gasteiger partial charge on any atom is -0.376 e. The largest absolute Gasteiger partial charge is 0.376 e. The second-order valence-electron chi connectivity index (χ2n) is 5.41. The molecule has 6 nitrogen and oxygen atoms in total. The van der Waals surface area contributed by atoms with E-state index in [-0.39, 0.29) is 23.7 Å². The molecule has 0 unspecified atom stereocenters. The number of nitro benzene ring substituents is 1. The zero-order chi connectivity index (χ0) is 14.6.